The third-order valence-corrected chi connectivity index (χ3v) is 2.95. The Morgan fingerprint density at radius 1 is 1.37 bits per heavy atom. The van der Waals surface area contributed by atoms with Gasteiger partial charge in [0.2, 0.25) is 0 Å². The molecule has 0 aliphatic heterocycles. The van der Waals surface area contributed by atoms with E-state index in [-0.39, 0.29) is 5.92 Å². The minimum absolute atomic E-state index is 0.147. The van der Waals surface area contributed by atoms with Crippen LogP contribution < -0.4 is 5.32 Å². The number of nitrogens with one attached hydrogen (secondary N) is 1. The molecule has 1 atom stereocenters. The molecule has 0 aromatic carbocycles. The molecular formula is C13H22F3N3. The van der Waals surface area contributed by atoms with E-state index in [0.29, 0.717) is 6.54 Å². The lowest BCUT2D eigenvalue weighted by atomic mass is 10.1. The highest BCUT2D eigenvalue weighted by Crippen LogP contribution is 2.14. The number of rotatable bonds is 7. The Bertz CT molecular complexity index is 385. The fourth-order valence-electron chi connectivity index (χ4n) is 2.02. The first kappa shape index (κ1) is 16.0. The summed E-state index contributed by atoms with van der Waals surface area (Å²) >= 11 is 0. The molecule has 0 fully saturated rings. The van der Waals surface area contributed by atoms with E-state index < -0.39 is 12.7 Å². The van der Waals surface area contributed by atoms with E-state index in [1.165, 1.54) is 0 Å². The van der Waals surface area contributed by atoms with Gasteiger partial charge in [-0.15, -0.1) is 0 Å². The molecule has 0 aliphatic carbocycles. The van der Waals surface area contributed by atoms with Gasteiger partial charge in [-0.3, -0.25) is 4.68 Å². The smallest absolute Gasteiger partial charge is 0.308 e. The van der Waals surface area contributed by atoms with E-state index >= 15 is 0 Å². The summed E-state index contributed by atoms with van der Waals surface area (Å²) < 4.78 is 38.0. The van der Waals surface area contributed by atoms with E-state index in [1.807, 2.05) is 31.5 Å². The Balaban J connectivity index is 2.47. The van der Waals surface area contributed by atoms with Crippen LogP contribution in [-0.2, 0) is 19.4 Å². The Morgan fingerprint density at radius 3 is 2.58 bits per heavy atom. The number of hydrogen-bond acceptors (Lipinski definition) is 2. The number of hydrogen-bond donors (Lipinski definition) is 1. The fourth-order valence-corrected chi connectivity index (χ4v) is 2.02. The molecule has 0 bridgehead atoms. The van der Waals surface area contributed by atoms with Gasteiger partial charge in [0.25, 0.3) is 0 Å². The van der Waals surface area contributed by atoms with Crippen molar-refractivity contribution in [1.82, 2.24) is 15.1 Å². The second-order valence-electron chi connectivity index (χ2n) is 4.85. The molecule has 0 amide bonds. The number of halogens is 3. The van der Waals surface area contributed by atoms with Crippen molar-refractivity contribution in [1.29, 1.82) is 0 Å². The molecule has 1 unspecified atom stereocenters. The van der Waals surface area contributed by atoms with E-state index in [2.05, 4.69) is 10.4 Å². The largest absolute Gasteiger partial charge is 0.401 e. The zero-order valence-electron chi connectivity index (χ0n) is 11.7. The first-order valence-corrected chi connectivity index (χ1v) is 6.68. The van der Waals surface area contributed by atoms with Crippen LogP contribution in [-0.4, -0.2) is 29.0 Å². The van der Waals surface area contributed by atoms with Crippen molar-refractivity contribution in [2.24, 2.45) is 5.92 Å². The molecule has 1 aromatic rings. The summed E-state index contributed by atoms with van der Waals surface area (Å²) in [5.74, 6) is 0.147. The quantitative estimate of drug-likeness (QED) is 0.830. The van der Waals surface area contributed by atoms with Crippen molar-refractivity contribution in [2.75, 3.05) is 13.1 Å². The predicted molar refractivity (Wildman–Crippen MR) is 69.1 cm³/mol. The van der Waals surface area contributed by atoms with Crippen LogP contribution >= 0.6 is 0 Å². The molecule has 0 aliphatic rings. The zero-order valence-corrected chi connectivity index (χ0v) is 11.7. The van der Waals surface area contributed by atoms with Crippen LogP contribution in [0.25, 0.3) is 0 Å². The fraction of sp³-hybridized carbons (Fsp3) is 0.769. The first-order chi connectivity index (χ1) is 8.85. The summed E-state index contributed by atoms with van der Waals surface area (Å²) in [7, 11) is 0. The van der Waals surface area contributed by atoms with E-state index in [9.17, 15) is 13.2 Å². The lowest BCUT2D eigenvalue weighted by Gasteiger charge is -2.14. The molecule has 1 rings (SSSR count). The number of aryl methyl sites for hydroxylation is 2. The van der Waals surface area contributed by atoms with E-state index in [4.69, 9.17) is 0 Å². The third-order valence-electron chi connectivity index (χ3n) is 2.95. The van der Waals surface area contributed by atoms with Crippen molar-refractivity contribution in [3.8, 4) is 0 Å². The Morgan fingerprint density at radius 2 is 2.05 bits per heavy atom. The van der Waals surface area contributed by atoms with Crippen LogP contribution in [0.1, 0.15) is 32.2 Å². The molecule has 110 valence electrons. The molecule has 0 spiro atoms. The highest BCUT2D eigenvalue weighted by atomic mass is 19.4. The lowest BCUT2D eigenvalue weighted by molar-refractivity contribution is -0.125. The van der Waals surface area contributed by atoms with Gasteiger partial charge in [-0.1, -0.05) is 13.8 Å². The average Bonchev–Trinajstić information content (AvgIpc) is 2.69. The van der Waals surface area contributed by atoms with Gasteiger partial charge < -0.3 is 5.32 Å². The number of nitrogens with zero attached hydrogens (tertiary/aromatic N) is 2. The molecule has 1 heterocycles. The maximum Gasteiger partial charge on any atom is 0.401 e. The normalized spacial score (nSPS) is 13.8. The highest BCUT2D eigenvalue weighted by Gasteiger charge is 2.26. The minimum atomic E-state index is -4.14. The molecular weight excluding hydrogens is 255 g/mol. The average molecular weight is 277 g/mol. The monoisotopic (exact) mass is 277 g/mol. The first-order valence-electron chi connectivity index (χ1n) is 6.68. The van der Waals surface area contributed by atoms with Crippen molar-refractivity contribution < 1.29 is 13.2 Å². The van der Waals surface area contributed by atoms with Crippen LogP contribution in [0.5, 0.6) is 0 Å². The SMILES string of the molecule is CCc1cc(CC(C)CNCC(F)(F)F)n(CC)n1. The van der Waals surface area contributed by atoms with Crippen molar-refractivity contribution in [2.45, 2.75) is 46.3 Å². The third kappa shape index (κ3) is 5.63. The van der Waals surface area contributed by atoms with Crippen LogP contribution in [0, 0.1) is 5.92 Å². The Labute approximate surface area is 112 Å². The zero-order chi connectivity index (χ0) is 14.5. The predicted octanol–water partition coefficient (Wildman–Crippen LogP) is 2.80. The minimum Gasteiger partial charge on any atom is -0.308 e. The molecule has 19 heavy (non-hydrogen) atoms. The second kappa shape index (κ2) is 6.93. The van der Waals surface area contributed by atoms with Crippen molar-refractivity contribution in [3.05, 3.63) is 17.5 Å². The Hall–Kier alpha value is -1.04. The van der Waals surface area contributed by atoms with Gasteiger partial charge in [0.05, 0.1) is 12.2 Å². The van der Waals surface area contributed by atoms with Gasteiger partial charge in [-0.2, -0.15) is 18.3 Å². The van der Waals surface area contributed by atoms with Crippen molar-refractivity contribution >= 4 is 0 Å². The van der Waals surface area contributed by atoms with Crippen LogP contribution in [0.3, 0.4) is 0 Å². The Kier molecular flexibility index (Phi) is 5.85. The highest BCUT2D eigenvalue weighted by molar-refractivity contribution is 5.11. The van der Waals surface area contributed by atoms with Crippen LogP contribution in [0.2, 0.25) is 0 Å². The molecule has 3 nitrogen and oxygen atoms in total. The van der Waals surface area contributed by atoms with Gasteiger partial charge in [-0.25, -0.2) is 0 Å². The van der Waals surface area contributed by atoms with E-state index in [0.717, 1.165) is 30.8 Å². The van der Waals surface area contributed by atoms with Crippen LogP contribution in [0.15, 0.2) is 6.07 Å². The number of alkyl halides is 3. The molecule has 0 saturated heterocycles. The van der Waals surface area contributed by atoms with E-state index in [1.54, 1.807) is 0 Å². The molecule has 1 N–H and O–H groups in total. The van der Waals surface area contributed by atoms with Gasteiger partial charge in [0.1, 0.15) is 0 Å². The molecule has 6 heteroatoms. The summed E-state index contributed by atoms with van der Waals surface area (Å²) in [5, 5.41) is 6.88. The summed E-state index contributed by atoms with van der Waals surface area (Å²) in [6.45, 7) is 6.23. The van der Waals surface area contributed by atoms with Gasteiger partial charge in [-0.05, 0) is 38.3 Å². The van der Waals surface area contributed by atoms with Gasteiger partial charge >= 0.3 is 6.18 Å². The standard InChI is InChI=1S/C13H22F3N3/c1-4-11-7-12(19(5-2)18-11)6-10(3)8-17-9-13(14,15)16/h7,10,17H,4-6,8-9H2,1-3H3. The van der Waals surface area contributed by atoms with Crippen molar-refractivity contribution in [3.63, 3.8) is 0 Å². The van der Waals surface area contributed by atoms with Crippen LogP contribution in [0.4, 0.5) is 13.2 Å². The molecule has 0 saturated carbocycles. The van der Waals surface area contributed by atoms with Gasteiger partial charge in [0, 0.05) is 12.2 Å². The maximum atomic E-state index is 12.0. The lowest BCUT2D eigenvalue weighted by Crippen LogP contribution is -2.32. The molecule has 0 radical (unpaired) electrons. The summed E-state index contributed by atoms with van der Waals surface area (Å²) in [6.07, 6.45) is -2.52. The summed E-state index contributed by atoms with van der Waals surface area (Å²) in [6, 6.07) is 2.05. The maximum absolute atomic E-state index is 12.0. The summed E-state index contributed by atoms with van der Waals surface area (Å²) in [4.78, 5) is 0. The number of aromatic nitrogens is 2. The van der Waals surface area contributed by atoms with Gasteiger partial charge in [0.15, 0.2) is 0 Å². The topological polar surface area (TPSA) is 29.9 Å². The second-order valence-corrected chi connectivity index (χ2v) is 4.85. The molecule has 1 aromatic heterocycles. The summed E-state index contributed by atoms with van der Waals surface area (Å²) in [5.41, 5.74) is 2.13.